The van der Waals surface area contributed by atoms with Gasteiger partial charge in [-0.05, 0) is 24.3 Å². The van der Waals surface area contributed by atoms with Gasteiger partial charge < -0.3 is 5.11 Å². The Morgan fingerprint density at radius 2 is 1.84 bits per heavy atom. The number of carbonyl (C=O) groups is 1. The summed E-state index contributed by atoms with van der Waals surface area (Å²) in [6, 6.07) is 8.49. The summed E-state index contributed by atoms with van der Waals surface area (Å²) in [4.78, 5) is 12.5. The third-order valence-electron chi connectivity index (χ3n) is 4.97. The summed E-state index contributed by atoms with van der Waals surface area (Å²) in [5.74, 6) is -0.936. The first kappa shape index (κ1) is 17.9. The average molecular weight is 354 g/mol. The van der Waals surface area contributed by atoms with Crippen molar-refractivity contribution in [2.75, 3.05) is 0 Å². The molecule has 3 rings (SSSR count). The van der Waals surface area contributed by atoms with Crippen LogP contribution in [-0.4, -0.2) is 33.6 Å². The molecule has 0 unspecified atom stereocenters. The highest BCUT2D eigenvalue weighted by atomic mass is 19.4. The fraction of sp³-hybridized carbons (Fsp3) is 0.556. The van der Waals surface area contributed by atoms with Gasteiger partial charge in [-0.3, -0.25) is 4.79 Å². The molecule has 4 nitrogen and oxygen atoms in total. The molecular weight excluding hydrogens is 333 g/mol. The number of hydrogen-bond acceptors (Lipinski definition) is 3. The Morgan fingerprint density at radius 1 is 1.20 bits per heavy atom. The van der Waals surface area contributed by atoms with E-state index in [1.165, 1.54) is 0 Å². The van der Waals surface area contributed by atoms with Crippen molar-refractivity contribution in [2.45, 2.75) is 56.8 Å². The Hall–Kier alpha value is -1.89. The van der Waals surface area contributed by atoms with Crippen molar-refractivity contribution in [2.24, 2.45) is 11.0 Å². The predicted molar refractivity (Wildman–Crippen MR) is 86.6 cm³/mol. The first-order chi connectivity index (χ1) is 11.8. The molecule has 1 N–H and O–H groups in total. The number of rotatable bonds is 3. The molecule has 2 aliphatic rings. The second-order valence-electron chi connectivity index (χ2n) is 6.79. The number of hydrazone groups is 1. The summed E-state index contributed by atoms with van der Waals surface area (Å²) in [5, 5.41) is 14.5. The number of amides is 1. The maximum atomic E-state index is 13.5. The number of aliphatic hydroxyl groups is 1. The summed E-state index contributed by atoms with van der Waals surface area (Å²) in [6.07, 6.45) is -1.40. The Labute approximate surface area is 144 Å². The van der Waals surface area contributed by atoms with Gasteiger partial charge in [0.15, 0.2) is 0 Å². The lowest BCUT2D eigenvalue weighted by Gasteiger charge is -2.32. The van der Waals surface area contributed by atoms with Crippen molar-refractivity contribution in [1.82, 2.24) is 5.01 Å². The van der Waals surface area contributed by atoms with Gasteiger partial charge in [-0.1, -0.05) is 49.6 Å². The highest BCUT2D eigenvalue weighted by Gasteiger charge is 2.63. The number of benzene rings is 1. The molecule has 1 fully saturated rings. The molecule has 0 aromatic heterocycles. The van der Waals surface area contributed by atoms with E-state index in [0.717, 1.165) is 32.1 Å². The van der Waals surface area contributed by atoms with Gasteiger partial charge in [0, 0.05) is 12.1 Å². The minimum atomic E-state index is -4.96. The summed E-state index contributed by atoms with van der Waals surface area (Å²) in [5.41, 5.74) is -2.37. The normalized spacial score (nSPS) is 25.1. The Morgan fingerprint density at radius 3 is 2.44 bits per heavy atom. The molecule has 0 radical (unpaired) electrons. The topological polar surface area (TPSA) is 52.9 Å². The number of carbonyl (C=O) groups excluding carboxylic acids is 1. The van der Waals surface area contributed by atoms with Gasteiger partial charge >= 0.3 is 6.18 Å². The van der Waals surface area contributed by atoms with Crippen LogP contribution in [-0.2, 0) is 11.2 Å². The highest BCUT2D eigenvalue weighted by molar-refractivity contribution is 5.92. The van der Waals surface area contributed by atoms with Crippen LogP contribution in [0.4, 0.5) is 13.2 Å². The summed E-state index contributed by atoms with van der Waals surface area (Å²) < 4.78 is 40.6. The SMILES string of the molecule is O=C(Cc1ccccc1)N1N=C(C2CCCCC2)C[C@@]1(O)C(F)(F)F. The van der Waals surface area contributed by atoms with E-state index >= 15 is 0 Å². The fourth-order valence-corrected chi connectivity index (χ4v) is 3.56. The molecule has 0 saturated heterocycles. The van der Waals surface area contributed by atoms with E-state index in [1.807, 2.05) is 0 Å². The third-order valence-corrected chi connectivity index (χ3v) is 4.97. The van der Waals surface area contributed by atoms with Crippen LogP contribution in [0, 0.1) is 5.92 Å². The Bertz CT molecular complexity index is 654. The smallest absolute Gasteiger partial charge is 0.362 e. The van der Waals surface area contributed by atoms with Gasteiger partial charge in [-0.2, -0.15) is 23.3 Å². The van der Waals surface area contributed by atoms with E-state index < -0.39 is 24.2 Å². The van der Waals surface area contributed by atoms with Crippen LogP contribution in [0.2, 0.25) is 0 Å². The minimum Gasteiger partial charge on any atom is -0.362 e. The maximum absolute atomic E-state index is 13.5. The molecule has 1 atom stereocenters. The molecule has 1 aliphatic heterocycles. The molecule has 136 valence electrons. The number of nitrogens with zero attached hydrogens (tertiary/aromatic N) is 2. The van der Waals surface area contributed by atoms with Gasteiger partial charge in [0.25, 0.3) is 5.72 Å². The van der Waals surface area contributed by atoms with Gasteiger partial charge in [0.2, 0.25) is 5.91 Å². The zero-order valence-corrected chi connectivity index (χ0v) is 13.8. The molecule has 7 heteroatoms. The van der Waals surface area contributed by atoms with Crippen LogP contribution < -0.4 is 0 Å². The van der Waals surface area contributed by atoms with Crippen molar-refractivity contribution >= 4 is 11.6 Å². The Kier molecular flexibility index (Phi) is 4.86. The van der Waals surface area contributed by atoms with Crippen LogP contribution in [0.25, 0.3) is 0 Å². The van der Waals surface area contributed by atoms with E-state index in [1.54, 1.807) is 30.3 Å². The number of hydrogen-bond donors (Lipinski definition) is 1. The molecule has 1 saturated carbocycles. The van der Waals surface area contributed by atoms with Gasteiger partial charge in [-0.25, -0.2) is 0 Å². The van der Waals surface area contributed by atoms with E-state index in [0.29, 0.717) is 11.3 Å². The van der Waals surface area contributed by atoms with Crippen molar-refractivity contribution < 1.29 is 23.1 Å². The van der Waals surface area contributed by atoms with Crippen LogP contribution in [0.3, 0.4) is 0 Å². The lowest BCUT2D eigenvalue weighted by atomic mass is 9.83. The van der Waals surface area contributed by atoms with E-state index in [4.69, 9.17) is 0 Å². The fourth-order valence-electron chi connectivity index (χ4n) is 3.56. The number of alkyl halides is 3. The van der Waals surface area contributed by atoms with Crippen molar-refractivity contribution in [3.05, 3.63) is 35.9 Å². The van der Waals surface area contributed by atoms with Crippen molar-refractivity contribution in [3.63, 3.8) is 0 Å². The summed E-state index contributed by atoms with van der Waals surface area (Å²) in [7, 11) is 0. The number of halogens is 3. The van der Waals surface area contributed by atoms with Crippen LogP contribution >= 0.6 is 0 Å². The second-order valence-corrected chi connectivity index (χ2v) is 6.79. The monoisotopic (exact) mass is 354 g/mol. The molecule has 0 spiro atoms. The van der Waals surface area contributed by atoms with E-state index in [-0.39, 0.29) is 17.3 Å². The van der Waals surface area contributed by atoms with Gasteiger partial charge in [0.1, 0.15) is 0 Å². The van der Waals surface area contributed by atoms with Crippen LogP contribution in [0.15, 0.2) is 35.4 Å². The molecule has 1 aromatic carbocycles. The van der Waals surface area contributed by atoms with Gasteiger partial charge in [-0.15, -0.1) is 0 Å². The molecule has 25 heavy (non-hydrogen) atoms. The third kappa shape index (κ3) is 3.56. The first-order valence-electron chi connectivity index (χ1n) is 8.55. The highest BCUT2D eigenvalue weighted by Crippen LogP contribution is 2.43. The average Bonchev–Trinajstić information content (AvgIpc) is 2.96. The molecule has 1 amide bonds. The largest absolute Gasteiger partial charge is 0.438 e. The Balaban J connectivity index is 1.85. The minimum absolute atomic E-state index is 0.0860. The molecule has 1 aliphatic carbocycles. The second kappa shape index (κ2) is 6.78. The molecular formula is C18H21F3N2O2. The van der Waals surface area contributed by atoms with Gasteiger partial charge in [0.05, 0.1) is 6.42 Å². The lowest BCUT2D eigenvalue weighted by Crippen LogP contribution is -2.57. The van der Waals surface area contributed by atoms with Crippen LogP contribution in [0.5, 0.6) is 0 Å². The lowest BCUT2D eigenvalue weighted by molar-refractivity contribution is -0.302. The quantitative estimate of drug-likeness (QED) is 0.901. The van der Waals surface area contributed by atoms with E-state index in [2.05, 4.69) is 5.10 Å². The zero-order valence-electron chi connectivity index (χ0n) is 13.8. The van der Waals surface area contributed by atoms with Crippen molar-refractivity contribution in [3.8, 4) is 0 Å². The summed E-state index contributed by atoms with van der Waals surface area (Å²) >= 11 is 0. The summed E-state index contributed by atoms with van der Waals surface area (Å²) in [6.45, 7) is 0. The zero-order chi connectivity index (χ0) is 18.1. The molecule has 1 heterocycles. The van der Waals surface area contributed by atoms with Crippen LogP contribution in [0.1, 0.15) is 44.1 Å². The van der Waals surface area contributed by atoms with Crippen molar-refractivity contribution in [1.29, 1.82) is 0 Å². The molecule has 0 bridgehead atoms. The first-order valence-corrected chi connectivity index (χ1v) is 8.55. The van der Waals surface area contributed by atoms with E-state index in [9.17, 15) is 23.1 Å². The molecule has 1 aromatic rings. The predicted octanol–water partition coefficient (Wildman–Crippen LogP) is 3.65. The standard InChI is InChI=1S/C18H21F3N2O2/c19-18(20,21)17(25)12-15(14-9-5-2-6-10-14)22-23(17)16(24)11-13-7-3-1-4-8-13/h1,3-4,7-8,14,25H,2,5-6,9-12H2/t17-/m1/s1. The maximum Gasteiger partial charge on any atom is 0.438 e.